The third-order valence-corrected chi connectivity index (χ3v) is 4.63. The number of tetrazole rings is 1. The Bertz CT molecular complexity index is 721. The molecule has 0 unspecified atom stereocenters. The molecule has 2 aromatic heterocycles. The molecule has 0 aliphatic rings. The van der Waals surface area contributed by atoms with Gasteiger partial charge in [0.05, 0.1) is 15.8 Å². The molecule has 0 aliphatic heterocycles. The first-order chi connectivity index (χ1) is 9.13. The van der Waals surface area contributed by atoms with Crippen molar-refractivity contribution in [1.82, 2.24) is 25.2 Å². The number of hydrogen-bond acceptors (Lipinski definition) is 6. The zero-order chi connectivity index (χ0) is 13.4. The van der Waals surface area contributed by atoms with Gasteiger partial charge in [0.25, 0.3) is 0 Å². The summed E-state index contributed by atoms with van der Waals surface area (Å²) in [5.41, 5.74) is 0.827. The second-order valence-electron chi connectivity index (χ2n) is 4.15. The van der Waals surface area contributed by atoms with Crippen molar-refractivity contribution in [3.8, 4) is 0 Å². The lowest BCUT2D eigenvalue weighted by Gasteiger charge is -1.98. The van der Waals surface area contributed by atoms with Crippen molar-refractivity contribution >= 4 is 44.9 Å². The number of para-hydroxylation sites is 1. The summed E-state index contributed by atoms with van der Waals surface area (Å²) in [7, 11) is 0. The van der Waals surface area contributed by atoms with E-state index in [2.05, 4.69) is 20.4 Å². The topological polar surface area (TPSA) is 56.5 Å². The van der Waals surface area contributed by atoms with E-state index >= 15 is 0 Å². The number of benzene rings is 1. The number of hydrogen-bond donors (Lipinski definition) is 0. The highest BCUT2D eigenvalue weighted by Gasteiger charge is 2.12. The van der Waals surface area contributed by atoms with Crippen molar-refractivity contribution in [2.24, 2.45) is 0 Å². The molecule has 19 heavy (non-hydrogen) atoms. The van der Waals surface area contributed by atoms with E-state index in [9.17, 15) is 0 Å². The molecule has 98 valence electrons. The molecule has 0 saturated heterocycles. The van der Waals surface area contributed by atoms with Crippen LogP contribution in [0.5, 0.6) is 0 Å². The van der Waals surface area contributed by atoms with Crippen LogP contribution in [0.1, 0.15) is 19.9 Å². The minimum Gasteiger partial charge on any atom is -0.228 e. The lowest BCUT2D eigenvalue weighted by molar-refractivity contribution is 0.452. The second-order valence-corrected chi connectivity index (χ2v) is 6.81. The van der Waals surface area contributed by atoms with Crippen LogP contribution >= 0.6 is 34.7 Å². The molecule has 8 heteroatoms. The molecular formula is C11H10ClN5S2. The molecule has 5 nitrogen and oxygen atoms in total. The molecule has 0 atom stereocenters. The molecule has 0 aliphatic carbocycles. The third kappa shape index (κ3) is 2.58. The minimum atomic E-state index is 0.201. The Hall–Kier alpha value is -1.18. The zero-order valence-corrected chi connectivity index (χ0v) is 12.6. The van der Waals surface area contributed by atoms with Gasteiger partial charge in [0, 0.05) is 0 Å². The molecule has 0 amide bonds. The van der Waals surface area contributed by atoms with Crippen LogP contribution < -0.4 is 0 Å². The first-order valence-corrected chi connectivity index (χ1v) is 7.67. The van der Waals surface area contributed by atoms with Crippen molar-refractivity contribution in [3.63, 3.8) is 0 Å². The Morgan fingerprint density at radius 2 is 2.21 bits per heavy atom. The average Bonchev–Trinajstić information content (AvgIpc) is 2.96. The van der Waals surface area contributed by atoms with Gasteiger partial charge in [-0.25, -0.2) is 4.98 Å². The SMILES string of the molecule is CC(C)n1nnc(Sc2nc3c(Cl)cccc3s2)n1. The van der Waals surface area contributed by atoms with Crippen LogP contribution in [0.15, 0.2) is 27.7 Å². The molecule has 0 N–H and O–H groups in total. The van der Waals surface area contributed by atoms with Gasteiger partial charge in [0.1, 0.15) is 5.52 Å². The normalized spacial score (nSPS) is 11.6. The van der Waals surface area contributed by atoms with E-state index in [1.165, 1.54) is 11.8 Å². The smallest absolute Gasteiger partial charge is 0.228 e. The van der Waals surface area contributed by atoms with Crippen LogP contribution in [0, 0.1) is 0 Å². The van der Waals surface area contributed by atoms with Gasteiger partial charge < -0.3 is 0 Å². The summed E-state index contributed by atoms with van der Waals surface area (Å²) in [6, 6.07) is 5.96. The molecule has 2 heterocycles. The van der Waals surface area contributed by atoms with Crippen molar-refractivity contribution < 1.29 is 0 Å². The summed E-state index contributed by atoms with van der Waals surface area (Å²) < 4.78 is 1.93. The maximum Gasteiger partial charge on any atom is 0.238 e. The molecule has 1 aromatic carbocycles. The van der Waals surface area contributed by atoms with Gasteiger partial charge in [-0.15, -0.1) is 21.5 Å². The number of thiazole rings is 1. The van der Waals surface area contributed by atoms with Gasteiger partial charge >= 0.3 is 0 Å². The molecule has 0 fully saturated rings. The molecule has 3 rings (SSSR count). The van der Waals surface area contributed by atoms with Crippen LogP contribution in [0.2, 0.25) is 5.02 Å². The van der Waals surface area contributed by atoms with Crippen LogP contribution in [0.3, 0.4) is 0 Å². The van der Waals surface area contributed by atoms with Crippen molar-refractivity contribution in [1.29, 1.82) is 0 Å². The van der Waals surface area contributed by atoms with Gasteiger partial charge in [-0.3, -0.25) is 0 Å². The van der Waals surface area contributed by atoms with Crippen molar-refractivity contribution in [3.05, 3.63) is 23.2 Å². The number of halogens is 1. The highest BCUT2D eigenvalue weighted by atomic mass is 35.5. The fourth-order valence-electron chi connectivity index (χ4n) is 1.49. The third-order valence-electron chi connectivity index (χ3n) is 2.40. The summed E-state index contributed by atoms with van der Waals surface area (Å²) in [5, 5.41) is 13.5. The van der Waals surface area contributed by atoms with Gasteiger partial charge in [-0.05, 0) is 43.0 Å². The number of rotatable bonds is 3. The van der Waals surface area contributed by atoms with Gasteiger partial charge in [-0.1, -0.05) is 17.7 Å². The van der Waals surface area contributed by atoms with E-state index in [-0.39, 0.29) is 6.04 Å². The summed E-state index contributed by atoms with van der Waals surface area (Å²) in [6.07, 6.45) is 0. The first kappa shape index (κ1) is 12.8. The molecule has 0 spiro atoms. The second kappa shape index (κ2) is 5.07. The predicted octanol–water partition coefficient (Wildman–Crippen LogP) is 3.67. The fraction of sp³-hybridized carbons (Fsp3) is 0.273. The first-order valence-electron chi connectivity index (χ1n) is 5.66. The monoisotopic (exact) mass is 311 g/mol. The van der Waals surface area contributed by atoms with E-state index in [4.69, 9.17) is 11.6 Å². The Balaban J connectivity index is 1.90. The number of nitrogens with zero attached hydrogens (tertiary/aromatic N) is 5. The van der Waals surface area contributed by atoms with Crippen LogP contribution in [-0.4, -0.2) is 25.2 Å². The lowest BCUT2D eigenvalue weighted by atomic mass is 10.3. The Kier molecular flexibility index (Phi) is 3.42. The predicted molar refractivity (Wildman–Crippen MR) is 77.0 cm³/mol. The van der Waals surface area contributed by atoms with Crippen LogP contribution in [0.25, 0.3) is 10.2 Å². The van der Waals surface area contributed by atoms with Gasteiger partial charge in [0.15, 0.2) is 4.34 Å². The molecule has 0 radical (unpaired) electrons. The number of fused-ring (bicyclic) bond motifs is 1. The molecule has 0 saturated carbocycles. The highest BCUT2D eigenvalue weighted by Crippen LogP contribution is 2.35. The molecule has 0 bridgehead atoms. The molecule has 3 aromatic rings. The van der Waals surface area contributed by atoms with Gasteiger partial charge in [-0.2, -0.15) is 4.80 Å². The molecular weight excluding hydrogens is 302 g/mol. The standard InChI is InChI=1S/C11H10ClN5S2/c1-6(2)17-15-10(14-16-17)19-11-13-9-7(12)4-3-5-8(9)18-11/h3-6H,1-2H3. The highest BCUT2D eigenvalue weighted by molar-refractivity contribution is 8.01. The fourth-order valence-corrected chi connectivity index (χ4v) is 3.64. The maximum absolute atomic E-state index is 6.11. The minimum absolute atomic E-state index is 0.201. The van der Waals surface area contributed by atoms with E-state index in [0.717, 1.165) is 14.6 Å². The summed E-state index contributed by atoms with van der Waals surface area (Å²) in [4.78, 5) is 6.08. The van der Waals surface area contributed by atoms with E-state index in [1.807, 2.05) is 32.0 Å². The van der Waals surface area contributed by atoms with Crippen LogP contribution in [-0.2, 0) is 0 Å². The maximum atomic E-state index is 6.11. The Labute approximate surface area is 123 Å². The summed E-state index contributed by atoms with van der Waals surface area (Å²) in [6.45, 7) is 4.02. The largest absolute Gasteiger partial charge is 0.238 e. The van der Waals surface area contributed by atoms with E-state index < -0.39 is 0 Å². The quantitative estimate of drug-likeness (QED) is 0.738. The van der Waals surface area contributed by atoms with Crippen LogP contribution in [0.4, 0.5) is 0 Å². The Morgan fingerprint density at radius 1 is 1.37 bits per heavy atom. The van der Waals surface area contributed by atoms with Crippen molar-refractivity contribution in [2.45, 2.75) is 29.4 Å². The summed E-state index contributed by atoms with van der Waals surface area (Å²) in [5.74, 6) is 0. The average molecular weight is 312 g/mol. The van der Waals surface area contributed by atoms with Gasteiger partial charge in [0.2, 0.25) is 5.16 Å². The lowest BCUT2D eigenvalue weighted by Crippen LogP contribution is -2.04. The van der Waals surface area contributed by atoms with E-state index in [0.29, 0.717) is 10.2 Å². The van der Waals surface area contributed by atoms with Crippen molar-refractivity contribution in [2.75, 3.05) is 0 Å². The zero-order valence-electron chi connectivity index (χ0n) is 10.2. The Morgan fingerprint density at radius 3 is 2.89 bits per heavy atom. The number of aromatic nitrogens is 5. The summed E-state index contributed by atoms with van der Waals surface area (Å²) >= 11 is 9.08. The van der Waals surface area contributed by atoms with E-state index in [1.54, 1.807) is 16.1 Å².